The van der Waals surface area contributed by atoms with Crippen LogP contribution in [0.2, 0.25) is 0 Å². The van der Waals surface area contributed by atoms with Gasteiger partial charge >= 0.3 is 0 Å². The van der Waals surface area contributed by atoms with Crippen LogP contribution in [0.25, 0.3) is 0 Å². The second-order valence-corrected chi connectivity index (χ2v) is 4.36. The topological polar surface area (TPSA) is 41.9 Å². The summed E-state index contributed by atoms with van der Waals surface area (Å²) in [7, 11) is 1.99. The fourth-order valence-electron chi connectivity index (χ4n) is 2.16. The Balaban J connectivity index is 2.09. The monoisotopic (exact) mass is 208 g/mol. The number of aromatic nitrogens is 2. The SMILES string of the molecule is Cc1nn(C)c(C)c1NC1CCCNC1. The molecule has 1 unspecified atom stereocenters. The molecule has 1 saturated heterocycles. The lowest BCUT2D eigenvalue weighted by molar-refractivity contribution is 0.479. The zero-order valence-electron chi connectivity index (χ0n) is 9.80. The molecule has 0 radical (unpaired) electrons. The summed E-state index contributed by atoms with van der Waals surface area (Å²) >= 11 is 0. The minimum absolute atomic E-state index is 0.556. The molecule has 2 rings (SSSR count). The van der Waals surface area contributed by atoms with Crippen molar-refractivity contribution >= 4 is 5.69 Å². The van der Waals surface area contributed by atoms with Crippen molar-refractivity contribution in [1.29, 1.82) is 0 Å². The van der Waals surface area contributed by atoms with Crippen LogP contribution in [0.1, 0.15) is 24.2 Å². The van der Waals surface area contributed by atoms with Gasteiger partial charge < -0.3 is 10.6 Å². The quantitative estimate of drug-likeness (QED) is 0.767. The van der Waals surface area contributed by atoms with E-state index in [0.717, 1.165) is 18.8 Å². The van der Waals surface area contributed by atoms with Crippen LogP contribution in [0.4, 0.5) is 5.69 Å². The lowest BCUT2D eigenvalue weighted by atomic mass is 10.1. The standard InChI is InChI=1S/C11H20N4/c1-8-11(9(2)15(3)14-8)13-10-5-4-6-12-7-10/h10,12-13H,4-7H2,1-3H3. The molecule has 84 valence electrons. The second-order valence-electron chi connectivity index (χ2n) is 4.36. The Labute approximate surface area is 91.1 Å². The highest BCUT2D eigenvalue weighted by Gasteiger charge is 2.16. The van der Waals surface area contributed by atoms with E-state index in [-0.39, 0.29) is 0 Å². The van der Waals surface area contributed by atoms with Gasteiger partial charge in [-0.25, -0.2) is 0 Å². The molecule has 0 spiro atoms. The third-order valence-electron chi connectivity index (χ3n) is 3.15. The Kier molecular flexibility index (Phi) is 2.95. The Morgan fingerprint density at radius 1 is 1.47 bits per heavy atom. The average molecular weight is 208 g/mol. The minimum atomic E-state index is 0.556. The van der Waals surface area contributed by atoms with E-state index in [4.69, 9.17) is 0 Å². The molecule has 1 aromatic heterocycles. The normalized spacial score (nSPS) is 21.7. The van der Waals surface area contributed by atoms with Gasteiger partial charge in [0, 0.05) is 19.6 Å². The smallest absolute Gasteiger partial charge is 0.0827 e. The summed E-state index contributed by atoms with van der Waals surface area (Å²) in [5, 5.41) is 11.4. The molecule has 0 saturated carbocycles. The molecule has 1 fully saturated rings. The lowest BCUT2D eigenvalue weighted by Gasteiger charge is -2.24. The van der Waals surface area contributed by atoms with Gasteiger partial charge in [-0.2, -0.15) is 5.10 Å². The maximum Gasteiger partial charge on any atom is 0.0827 e. The van der Waals surface area contributed by atoms with E-state index in [1.165, 1.54) is 24.2 Å². The molecular formula is C11H20N4. The Morgan fingerprint density at radius 2 is 2.27 bits per heavy atom. The van der Waals surface area contributed by atoms with E-state index < -0.39 is 0 Å². The van der Waals surface area contributed by atoms with Gasteiger partial charge in [0.25, 0.3) is 0 Å². The molecule has 1 aliphatic heterocycles. The fourth-order valence-corrected chi connectivity index (χ4v) is 2.16. The van der Waals surface area contributed by atoms with Crippen LogP contribution >= 0.6 is 0 Å². The van der Waals surface area contributed by atoms with Gasteiger partial charge in [-0.1, -0.05) is 0 Å². The van der Waals surface area contributed by atoms with Crippen LogP contribution in [-0.2, 0) is 7.05 Å². The number of hydrogen-bond acceptors (Lipinski definition) is 3. The molecule has 0 amide bonds. The highest BCUT2D eigenvalue weighted by Crippen LogP contribution is 2.20. The summed E-state index contributed by atoms with van der Waals surface area (Å²) in [6, 6.07) is 0.556. The second kappa shape index (κ2) is 4.23. The van der Waals surface area contributed by atoms with Crippen molar-refractivity contribution in [3.8, 4) is 0 Å². The number of nitrogens with zero attached hydrogens (tertiary/aromatic N) is 2. The highest BCUT2D eigenvalue weighted by atomic mass is 15.3. The van der Waals surface area contributed by atoms with E-state index >= 15 is 0 Å². The van der Waals surface area contributed by atoms with Crippen LogP contribution in [0.5, 0.6) is 0 Å². The summed E-state index contributed by atoms with van der Waals surface area (Å²) in [4.78, 5) is 0. The van der Waals surface area contributed by atoms with Gasteiger partial charge in [0.2, 0.25) is 0 Å². The van der Waals surface area contributed by atoms with Crippen molar-refractivity contribution in [3.05, 3.63) is 11.4 Å². The number of piperidine rings is 1. The molecule has 15 heavy (non-hydrogen) atoms. The van der Waals surface area contributed by atoms with Crippen molar-refractivity contribution in [1.82, 2.24) is 15.1 Å². The van der Waals surface area contributed by atoms with Crippen molar-refractivity contribution in [2.45, 2.75) is 32.7 Å². The number of aryl methyl sites for hydroxylation is 2. The molecule has 1 aliphatic rings. The predicted octanol–water partition coefficient (Wildman–Crippen LogP) is 1.20. The van der Waals surface area contributed by atoms with Crippen molar-refractivity contribution < 1.29 is 0 Å². The average Bonchev–Trinajstić information content (AvgIpc) is 2.47. The number of rotatable bonds is 2. The molecule has 1 atom stereocenters. The minimum Gasteiger partial charge on any atom is -0.378 e. The summed E-state index contributed by atoms with van der Waals surface area (Å²) in [5.41, 5.74) is 3.53. The third kappa shape index (κ3) is 2.15. The van der Waals surface area contributed by atoms with Crippen LogP contribution < -0.4 is 10.6 Å². The van der Waals surface area contributed by atoms with Crippen LogP contribution in [0.15, 0.2) is 0 Å². The molecule has 2 N–H and O–H groups in total. The summed E-state index contributed by atoms with van der Waals surface area (Å²) in [6.07, 6.45) is 2.51. The third-order valence-corrected chi connectivity index (χ3v) is 3.15. The number of nitrogens with one attached hydrogen (secondary N) is 2. The Bertz CT molecular complexity index is 337. The first-order chi connectivity index (χ1) is 7.18. The Hall–Kier alpha value is -1.03. The maximum atomic E-state index is 4.41. The predicted molar refractivity (Wildman–Crippen MR) is 62.2 cm³/mol. The van der Waals surface area contributed by atoms with Gasteiger partial charge in [-0.05, 0) is 33.2 Å². The van der Waals surface area contributed by atoms with E-state index in [1.807, 2.05) is 11.7 Å². The Morgan fingerprint density at radius 3 is 2.80 bits per heavy atom. The zero-order chi connectivity index (χ0) is 10.8. The summed E-state index contributed by atoms with van der Waals surface area (Å²) < 4.78 is 1.94. The molecule has 0 bridgehead atoms. The lowest BCUT2D eigenvalue weighted by Crippen LogP contribution is -2.38. The van der Waals surface area contributed by atoms with E-state index in [2.05, 4.69) is 29.6 Å². The van der Waals surface area contributed by atoms with Crippen LogP contribution in [0, 0.1) is 13.8 Å². The largest absolute Gasteiger partial charge is 0.378 e. The summed E-state index contributed by atoms with van der Waals surface area (Å²) in [5.74, 6) is 0. The first-order valence-corrected chi connectivity index (χ1v) is 5.66. The molecular weight excluding hydrogens is 188 g/mol. The van der Waals surface area contributed by atoms with Gasteiger partial charge in [-0.15, -0.1) is 0 Å². The first kappa shape index (κ1) is 10.5. The van der Waals surface area contributed by atoms with E-state index in [1.54, 1.807) is 0 Å². The van der Waals surface area contributed by atoms with Gasteiger partial charge in [0.15, 0.2) is 0 Å². The van der Waals surface area contributed by atoms with Gasteiger partial charge in [0.05, 0.1) is 17.1 Å². The first-order valence-electron chi connectivity index (χ1n) is 5.66. The molecule has 0 aliphatic carbocycles. The maximum absolute atomic E-state index is 4.41. The summed E-state index contributed by atoms with van der Waals surface area (Å²) in [6.45, 7) is 6.39. The van der Waals surface area contributed by atoms with E-state index in [9.17, 15) is 0 Å². The van der Waals surface area contributed by atoms with Crippen molar-refractivity contribution in [2.24, 2.45) is 7.05 Å². The molecule has 2 heterocycles. The van der Waals surface area contributed by atoms with Crippen LogP contribution in [-0.4, -0.2) is 28.9 Å². The van der Waals surface area contributed by atoms with E-state index in [0.29, 0.717) is 6.04 Å². The zero-order valence-corrected chi connectivity index (χ0v) is 9.80. The number of hydrogen-bond donors (Lipinski definition) is 2. The fraction of sp³-hybridized carbons (Fsp3) is 0.727. The van der Waals surface area contributed by atoms with Crippen LogP contribution in [0.3, 0.4) is 0 Å². The molecule has 0 aromatic carbocycles. The molecule has 1 aromatic rings. The highest BCUT2D eigenvalue weighted by molar-refractivity contribution is 5.52. The molecule has 4 nitrogen and oxygen atoms in total. The van der Waals surface area contributed by atoms with Crippen molar-refractivity contribution in [3.63, 3.8) is 0 Å². The van der Waals surface area contributed by atoms with Gasteiger partial charge in [-0.3, -0.25) is 4.68 Å². The number of anilines is 1. The van der Waals surface area contributed by atoms with Crippen molar-refractivity contribution in [2.75, 3.05) is 18.4 Å². The van der Waals surface area contributed by atoms with Gasteiger partial charge in [0.1, 0.15) is 0 Å². The molecule has 4 heteroatoms.